The highest BCUT2D eigenvalue weighted by atomic mass is 16.3. The largest absolute Gasteiger partial charge is 0.508 e. The molecule has 112 valence electrons. The number of imidazole rings is 1. The third-order valence-electron chi connectivity index (χ3n) is 4.08. The number of hydrogen-bond donors (Lipinski definition) is 2. The summed E-state index contributed by atoms with van der Waals surface area (Å²) in [6.45, 7) is 4.12. The molecular weight excluding hydrogens is 276 g/mol. The van der Waals surface area contributed by atoms with Crippen LogP contribution in [-0.2, 0) is 0 Å². The zero-order valence-corrected chi connectivity index (χ0v) is 12.2. The van der Waals surface area contributed by atoms with Gasteiger partial charge in [0.2, 0.25) is 0 Å². The molecule has 1 aliphatic heterocycles. The summed E-state index contributed by atoms with van der Waals surface area (Å²) in [6.07, 6.45) is 4.17. The van der Waals surface area contributed by atoms with Crippen LogP contribution in [0.2, 0.25) is 0 Å². The van der Waals surface area contributed by atoms with Crippen molar-refractivity contribution in [3.8, 4) is 17.0 Å². The van der Waals surface area contributed by atoms with Crippen LogP contribution in [0.3, 0.4) is 0 Å². The molecule has 4 rings (SSSR count). The normalized spacial score (nSPS) is 15.4. The van der Waals surface area contributed by atoms with Gasteiger partial charge >= 0.3 is 0 Å². The van der Waals surface area contributed by atoms with E-state index in [1.807, 2.05) is 18.3 Å². The van der Waals surface area contributed by atoms with Gasteiger partial charge in [0.05, 0.1) is 11.4 Å². The van der Waals surface area contributed by atoms with E-state index in [1.54, 1.807) is 12.1 Å². The summed E-state index contributed by atoms with van der Waals surface area (Å²) in [6, 6.07) is 11.3. The smallest absolute Gasteiger partial charge is 0.137 e. The molecule has 3 heterocycles. The van der Waals surface area contributed by atoms with Gasteiger partial charge in [-0.05, 0) is 36.4 Å². The minimum absolute atomic E-state index is 0.272. The number of rotatable bonds is 2. The highest BCUT2D eigenvalue weighted by molar-refractivity contribution is 5.64. The predicted molar refractivity (Wildman–Crippen MR) is 87.4 cm³/mol. The fourth-order valence-electron chi connectivity index (χ4n) is 2.86. The molecule has 3 aromatic rings. The van der Waals surface area contributed by atoms with Gasteiger partial charge in [0, 0.05) is 44.1 Å². The van der Waals surface area contributed by atoms with E-state index in [1.165, 1.54) is 5.69 Å². The Hall–Kier alpha value is -2.53. The van der Waals surface area contributed by atoms with Gasteiger partial charge in [-0.15, -0.1) is 0 Å². The van der Waals surface area contributed by atoms with Crippen molar-refractivity contribution in [1.82, 2.24) is 14.7 Å². The quantitative estimate of drug-likeness (QED) is 0.760. The molecule has 5 nitrogen and oxygen atoms in total. The van der Waals surface area contributed by atoms with Crippen LogP contribution >= 0.6 is 0 Å². The Bertz CT molecular complexity index is 788. The van der Waals surface area contributed by atoms with Crippen molar-refractivity contribution in [2.24, 2.45) is 0 Å². The molecule has 0 radical (unpaired) electrons. The molecule has 0 bridgehead atoms. The first kappa shape index (κ1) is 13.2. The molecule has 1 fully saturated rings. The maximum Gasteiger partial charge on any atom is 0.137 e. The molecule has 0 aliphatic carbocycles. The number of phenols is 1. The number of aromatic nitrogens is 2. The van der Waals surface area contributed by atoms with Gasteiger partial charge in [-0.3, -0.25) is 0 Å². The third kappa shape index (κ3) is 2.40. The summed E-state index contributed by atoms with van der Waals surface area (Å²) in [7, 11) is 0. The molecule has 0 spiro atoms. The average molecular weight is 294 g/mol. The Morgan fingerprint density at radius 1 is 0.955 bits per heavy atom. The van der Waals surface area contributed by atoms with Crippen LogP contribution < -0.4 is 10.2 Å². The maximum atomic E-state index is 9.39. The summed E-state index contributed by atoms with van der Waals surface area (Å²) in [5.41, 5.74) is 4.08. The van der Waals surface area contributed by atoms with E-state index in [9.17, 15) is 5.11 Å². The first-order valence-corrected chi connectivity index (χ1v) is 7.53. The lowest BCUT2D eigenvalue weighted by atomic mass is 10.2. The zero-order chi connectivity index (χ0) is 14.9. The van der Waals surface area contributed by atoms with E-state index < -0.39 is 0 Å². The number of piperazine rings is 1. The first-order valence-electron chi connectivity index (χ1n) is 7.53. The molecule has 0 atom stereocenters. The van der Waals surface area contributed by atoms with Crippen molar-refractivity contribution in [2.45, 2.75) is 0 Å². The standard InChI is InChI=1S/C17H18N4O/c22-15-4-1-13(2-5-15)16-12-21-11-14(3-6-17(21)19-16)20-9-7-18-8-10-20/h1-6,11-12,18,22H,7-10H2. The summed E-state index contributed by atoms with van der Waals surface area (Å²) >= 11 is 0. The Kier molecular flexibility index (Phi) is 3.20. The summed E-state index contributed by atoms with van der Waals surface area (Å²) in [4.78, 5) is 7.03. The molecule has 1 aliphatic rings. The Morgan fingerprint density at radius 2 is 1.73 bits per heavy atom. The second kappa shape index (κ2) is 5.35. The van der Waals surface area contributed by atoms with Crippen molar-refractivity contribution in [3.63, 3.8) is 0 Å². The SMILES string of the molecule is Oc1ccc(-c2cn3cc(N4CCNCC4)ccc3n2)cc1. The van der Waals surface area contributed by atoms with Crippen LogP contribution in [0.5, 0.6) is 5.75 Å². The average Bonchev–Trinajstić information content (AvgIpc) is 2.99. The molecule has 1 saturated heterocycles. The van der Waals surface area contributed by atoms with Gasteiger partial charge in [-0.2, -0.15) is 0 Å². The van der Waals surface area contributed by atoms with Gasteiger partial charge in [0.25, 0.3) is 0 Å². The topological polar surface area (TPSA) is 52.8 Å². The van der Waals surface area contributed by atoms with E-state index in [0.29, 0.717) is 0 Å². The van der Waals surface area contributed by atoms with Crippen molar-refractivity contribution >= 4 is 11.3 Å². The van der Waals surface area contributed by atoms with E-state index >= 15 is 0 Å². The van der Waals surface area contributed by atoms with E-state index in [-0.39, 0.29) is 5.75 Å². The van der Waals surface area contributed by atoms with Gasteiger partial charge in [-0.25, -0.2) is 4.98 Å². The Morgan fingerprint density at radius 3 is 2.50 bits per heavy atom. The number of fused-ring (bicyclic) bond motifs is 1. The van der Waals surface area contributed by atoms with Crippen LogP contribution in [-0.4, -0.2) is 40.7 Å². The maximum absolute atomic E-state index is 9.39. The number of nitrogens with zero attached hydrogens (tertiary/aromatic N) is 3. The number of pyridine rings is 1. The summed E-state index contributed by atoms with van der Waals surface area (Å²) in [5.74, 6) is 0.272. The van der Waals surface area contributed by atoms with Gasteiger partial charge in [-0.1, -0.05) is 0 Å². The molecule has 2 aromatic heterocycles. The predicted octanol–water partition coefficient (Wildman–Crippen LogP) is 2.12. The van der Waals surface area contributed by atoms with E-state index in [4.69, 9.17) is 0 Å². The van der Waals surface area contributed by atoms with E-state index in [0.717, 1.165) is 43.1 Å². The lowest BCUT2D eigenvalue weighted by Crippen LogP contribution is -2.43. The fourth-order valence-corrected chi connectivity index (χ4v) is 2.86. The first-order chi connectivity index (χ1) is 10.8. The van der Waals surface area contributed by atoms with Crippen LogP contribution in [0.25, 0.3) is 16.9 Å². The zero-order valence-electron chi connectivity index (χ0n) is 12.2. The minimum atomic E-state index is 0.272. The van der Waals surface area contributed by atoms with Crippen LogP contribution in [0.1, 0.15) is 0 Å². The van der Waals surface area contributed by atoms with Crippen molar-refractivity contribution in [2.75, 3.05) is 31.1 Å². The number of phenolic OH excluding ortho intramolecular Hbond substituents is 1. The lowest BCUT2D eigenvalue weighted by molar-refractivity contribution is 0.475. The van der Waals surface area contributed by atoms with Crippen molar-refractivity contribution < 1.29 is 5.11 Å². The monoisotopic (exact) mass is 294 g/mol. The van der Waals surface area contributed by atoms with Gasteiger partial charge in [0.15, 0.2) is 0 Å². The number of hydrogen-bond acceptors (Lipinski definition) is 4. The molecule has 0 saturated carbocycles. The highest BCUT2D eigenvalue weighted by Gasteiger charge is 2.12. The molecule has 1 aromatic carbocycles. The second-order valence-corrected chi connectivity index (χ2v) is 5.56. The molecule has 0 unspecified atom stereocenters. The summed E-state index contributed by atoms with van der Waals surface area (Å²) < 4.78 is 2.07. The van der Waals surface area contributed by atoms with Crippen LogP contribution in [0.15, 0.2) is 48.8 Å². The molecule has 5 heteroatoms. The van der Waals surface area contributed by atoms with Gasteiger partial charge in [0.1, 0.15) is 11.4 Å². The van der Waals surface area contributed by atoms with Crippen molar-refractivity contribution in [3.05, 3.63) is 48.8 Å². The Balaban J connectivity index is 1.69. The van der Waals surface area contributed by atoms with E-state index in [2.05, 4.69) is 37.9 Å². The molecule has 0 amide bonds. The third-order valence-corrected chi connectivity index (χ3v) is 4.08. The number of nitrogens with one attached hydrogen (secondary N) is 1. The second-order valence-electron chi connectivity index (χ2n) is 5.56. The number of aromatic hydroxyl groups is 1. The minimum Gasteiger partial charge on any atom is -0.508 e. The fraction of sp³-hybridized carbons (Fsp3) is 0.235. The highest BCUT2D eigenvalue weighted by Crippen LogP contribution is 2.23. The number of benzene rings is 1. The molecule has 22 heavy (non-hydrogen) atoms. The Labute approximate surface area is 128 Å². The number of anilines is 1. The molecule has 2 N–H and O–H groups in total. The van der Waals surface area contributed by atoms with Gasteiger partial charge < -0.3 is 19.7 Å². The summed E-state index contributed by atoms with van der Waals surface area (Å²) in [5, 5.41) is 12.8. The van der Waals surface area contributed by atoms with Crippen LogP contribution in [0.4, 0.5) is 5.69 Å². The lowest BCUT2D eigenvalue weighted by Gasteiger charge is -2.29. The molecular formula is C17H18N4O. The van der Waals surface area contributed by atoms with Crippen molar-refractivity contribution in [1.29, 1.82) is 0 Å². The van der Waals surface area contributed by atoms with Crippen LogP contribution in [0, 0.1) is 0 Å².